The van der Waals surface area contributed by atoms with E-state index in [9.17, 15) is 19.5 Å². The highest BCUT2D eigenvalue weighted by atomic mass is 32.2. The first-order valence-corrected chi connectivity index (χ1v) is 8.52. The molecule has 0 bridgehead atoms. The minimum absolute atomic E-state index is 0.0546. The van der Waals surface area contributed by atoms with E-state index in [1.54, 1.807) is 18.2 Å². The van der Waals surface area contributed by atoms with Crippen LogP contribution < -0.4 is 19.5 Å². The van der Waals surface area contributed by atoms with Crippen LogP contribution in [0.2, 0.25) is 0 Å². The van der Waals surface area contributed by atoms with E-state index in [2.05, 4.69) is 4.98 Å². The molecule has 0 spiro atoms. The van der Waals surface area contributed by atoms with E-state index in [1.165, 1.54) is 18.3 Å². The number of carbonyl (C=O) groups excluding carboxylic acids is 3. The molecule has 1 aromatic carbocycles. The number of nitrogens with zero attached hydrogens (tertiary/aromatic N) is 2. The summed E-state index contributed by atoms with van der Waals surface area (Å²) in [6.45, 7) is 0.0881. The lowest BCUT2D eigenvalue weighted by Crippen LogP contribution is -2.31. The van der Waals surface area contributed by atoms with Crippen molar-refractivity contribution in [1.29, 1.82) is 0 Å². The number of benzene rings is 1. The first-order valence-electron chi connectivity index (χ1n) is 7.64. The van der Waals surface area contributed by atoms with E-state index in [0.29, 0.717) is 17.2 Å². The van der Waals surface area contributed by atoms with E-state index >= 15 is 0 Å². The number of amides is 2. The lowest BCUT2D eigenvalue weighted by molar-refractivity contribution is -0.255. The minimum Gasteiger partial charge on any atom is -0.545 e. The molecule has 2 amide bonds. The van der Waals surface area contributed by atoms with Gasteiger partial charge >= 0.3 is 0 Å². The van der Waals surface area contributed by atoms with Gasteiger partial charge in [0.2, 0.25) is 18.6 Å². The summed E-state index contributed by atoms with van der Waals surface area (Å²) in [4.78, 5) is 41.3. The number of thioether (sulfide) groups is 1. The van der Waals surface area contributed by atoms with Crippen molar-refractivity contribution >= 4 is 35.2 Å². The molecular formula is C17H11N2O6S-. The van der Waals surface area contributed by atoms with Gasteiger partial charge in [-0.15, -0.1) is 0 Å². The number of carboxylic acids is 1. The maximum absolute atomic E-state index is 12.7. The molecule has 1 fully saturated rings. The zero-order valence-electron chi connectivity index (χ0n) is 13.2. The summed E-state index contributed by atoms with van der Waals surface area (Å²) in [6, 6.07) is 7.62. The molecule has 1 unspecified atom stereocenters. The molecule has 1 saturated heterocycles. The maximum atomic E-state index is 12.7. The SMILES string of the molecule is O=C([O-])c1cccnc1SC1CC(=O)N(c2ccc3c(c2)OCO3)C1=O. The zero-order chi connectivity index (χ0) is 18.3. The first-order chi connectivity index (χ1) is 12.5. The van der Waals surface area contributed by atoms with Crippen LogP contribution in [0.5, 0.6) is 11.5 Å². The molecule has 8 nitrogen and oxygen atoms in total. The average Bonchev–Trinajstić information content (AvgIpc) is 3.19. The third-order valence-electron chi connectivity index (χ3n) is 3.96. The highest BCUT2D eigenvalue weighted by molar-refractivity contribution is 8.00. The second-order valence-corrected chi connectivity index (χ2v) is 6.75. The molecule has 0 N–H and O–H groups in total. The number of imide groups is 1. The van der Waals surface area contributed by atoms with Gasteiger partial charge in [0.05, 0.1) is 16.9 Å². The lowest BCUT2D eigenvalue weighted by atomic mass is 10.2. The second-order valence-electron chi connectivity index (χ2n) is 5.56. The molecule has 0 aliphatic carbocycles. The number of anilines is 1. The smallest absolute Gasteiger partial charge is 0.247 e. The lowest BCUT2D eigenvalue weighted by Gasteiger charge is -2.16. The van der Waals surface area contributed by atoms with Gasteiger partial charge in [-0.2, -0.15) is 0 Å². The van der Waals surface area contributed by atoms with E-state index < -0.39 is 17.1 Å². The highest BCUT2D eigenvalue weighted by Gasteiger charge is 2.41. The summed E-state index contributed by atoms with van der Waals surface area (Å²) in [5.41, 5.74) is 0.271. The van der Waals surface area contributed by atoms with E-state index in [0.717, 1.165) is 16.7 Å². The van der Waals surface area contributed by atoms with Crippen LogP contribution in [0, 0.1) is 0 Å². The van der Waals surface area contributed by atoms with E-state index in [-0.39, 0.29) is 29.7 Å². The quantitative estimate of drug-likeness (QED) is 0.719. The number of pyridine rings is 1. The van der Waals surface area contributed by atoms with Crippen LogP contribution in [-0.4, -0.2) is 34.8 Å². The Morgan fingerprint density at radius 2 is 2.04 bits per heavy atom. The molecule has 3 heterocycles. The van der Waals surface area contributed by atoms with Gasteiger partial charge in [0, 0.05) is 24.2 Å². The highest BCUT2D eigenvalue weighted by Crippen LogP contribution is 2.39. The van der Waals surface area contributed by atoms with Crippen molar-refractivity contribution in [2.75, 3.05) is 11.7 Å². The van der Waals surface area contributed by atoms with Gasteiger partial charge in [-0.1, -0.05) is 11.8 Å². The van der Waals surface area contributed by atoms with Crippen molar-refractivity contribution in [3.63, 3.8) is 0 Å². The Morgan fingerprint density at radius 3 is 2.85 bits per heavy atom. The molecule has 9 heteroatoms. The predicted octanol–water partition coefficient (Wildman–Crippen LogP) is 0.598. The number of fused-ring (bicyclic) bond motifs is 1. The maximum Gasteiger partial charge on any atom is 0.247 e. The van der Waals surface area contributed by atoms with Crippen molar-refractivity contribution in [3.8, 4) is 11.5 Å². The van der Waals surface area contributed by atoms with Gasteiger partial charge in [-0.25, -0.2) is 9.88 Å². The topological polar surface area (TPSA) is 109 Å². The largest absolute Gasteiger partial charge is 0.545 e. The van der Waals surface area contributed by atoms with Crippen molar-refractivity contribution in [2.45, 2.75) is 16.7 Å². The van der Waals surface area contributed by atoms with Crippen LogP contribution in [0.15, 0.2) is 41.6 Å². The van der Waals surface area contributed by atoms with Crippen LogP contribution in [0.1, 0.15) is 16.8 Å². The standard InChI is InChI=1S/C17H12N2O6S/c20-14-7-13(26-15-10(17(22)23)2-1-5-18-15)16(21)19(14)9-3-4-11-12(6-9)25-8-24-11/h1-6,13H,7-8H2,(H,22,23)/p-1. The number of aromatic carboxylic acids is 1. The molecule has 1 aromatic heterocycles. The third kappa shape index (κ3) is 2.76. The van der Waals surface area contributed by atoms with Crippen LogP contribution in [0.3, 0.4) is 0 Å². The number of hydrogen-bond acceptors (Lipinski definition) is 8. The summed E-state index contributed by atoms with van der Waals surface area (Å²) < 4.78 is 10.5. The monoisotopic (exact) mass is 371 g/mol. The van der Waals surface area contributed by atoms with Gasteiger partial charge in [-0.3, -0.25) is 9.59 Å². The molecule has 2 aliphatic heterocycles. The van der Waals surface area contributed by atoms with Gasteiger partial charge in [0.1, 0.15) is 5.03 Å². The van der Waals surface area contributed by atoms with Crippen LogP contribution in [-0.2, 0) is 9.59 Å². The fraction of sp³-hybridized carbons (Fsp3) is 0.176. The van der Waals surface area contributed by atoms with Gasteiger partial charge in [0.15, 0.2) is 11.5 Å². The number of carbonyl (C=O) groups is 3. The molecule has 1 atom stereocenters. The second kappa shape index (κ2) is 6.34. The molecule has 2 aromatic rings. The van der Waals surface area contributed by atoms with E-state index in [4.69, 9.17) is 9.47 Å². The third-order valence-corrected chi connectivity index (χ3v) is 5.17. The van der Waals surface area contributed by atoms with Gasteiger partial charge in [0.25, 0.3) is 0 Å². The Balaban J connectivity index is 1.59. The summed E-state index contributed by atoms with van der Waals surface area (Å²) >= 11 is 0.942. The minimum atomic E-state index is -1.38. The van der Waals surface area contributed by atoms with Crippen LogP contribution >= 0.6 is 11.8 Å². The van der Waals surface area contributed by atoms with Gasteiger partial charge in [-0.05, 0) is 24.3 Å². The van der Waals surface area contributed by atoms with Crippen molar-refractivity contribution in [1.82, 2.24) is 4.98 Å². The Bertz CT molecular complexity index is 931. The molecule has 132 valence electrons. The Kier molecular flexibility index (Phi) is 4.00. The van der Waals surface area contributed by atoms with Crippen molar-refractivity contribution in [3.05, 3.63) is 42.1 Å². The summed E-state index contributed by atoms with van der Waals surface area (Å²) in [5, 5.41) is 10.6. The number of ether oxygens (including phenoxy) is 2. The predicted molar refractivity (Wildman–Crippen MR) is 87.9 cm³/mol. The summed E-state index contributed by atoms with van der Waals surface area (Å²) in [6.07, 6.45) is 1.37. The number of hydrogen-bond donors (Lipinski definition) is 0. The zero-order valence-corrected chi connectivity index (χ0v) is 14.0. The van der Waals surface area contributed by atoms with E-state index in [1.807, 2.05) is 0 Å². The molecule has 0 radical (unpaired) electrons. The first kappa shape index (κ1) is 16.4. The number of rotatable bonds is 4. The molecule has 26 heavy (non-hydrogen) atoms. The van der Waals surface area contributed by atoms with Gasteiger partial charge < -0.3 is 19.4 Å². The van der Waals surface area contributed by atoms with Crippen LogP contribution in [0.4, 0.5) is 5.69 Å². The van der Waals surface area contributed by atoms with Crippen molar-refractivity contribution < 1.29 is 29.0 Å². The van der Waals surface area contributed by atoms with Crippen LogP contribution in [0.25, 0.3) is 0 Å². The molecule has 2 aliphatic rings. The van der Waals surface area contributed by atoms with Crippen molar-refractivity contribution in [2.24, 2.45) is 0 Å². The average molecular weight is 371 g/mol. The molecule has 4 rings (SSSR count). The number of carboxylic acid groups (broad SMARTS) is 1. The fourth-order valence-corrected chi connectivity index (χ4v) is 3.87. The normalized spacial score (nSPS) is 18.5. The molecular weight excluding hydrogens is 360 g/mol. The fourth-order valence-electron chi connectivity index (χ4n) is 2.77. The number of aromatic nitrogens is 1. The summed E-state index contributed by atoms with van der Waals surface area (Å²) in [7, 11) is 0. The Labute approximate surface area is 151 Å². The molecule has 0 saturated carbocycles. The Morgan fingerprint density at radius 1 is 1.23 bits per heavy atom. The Hall–Kier alpha value is -3.07. The summed E-state index contributed by atoms with van der Waals surface area (Å²) in [5.74, 6) is -1.19.